The lowest BCUT2D eigenvalue weighted by Gasteiger charge is -2.45. The molecular weight excluding hydrogens is 641 g/mol. The SMILES string of the molecule is CC1(C)c2cc(N(c3ccccc3)c3ccccc3)ccc2-c2cc3c(cc21)[SH]1c2ccccc2N(c2ccccc2)c2c4c(cc(c21)O3)CC4. The number of ether oxygens (including phenoxy) is 1. The van der Waals surface area contributed by atoms with E-state index in [1.807, 2.05) is 0 Å². The van der Waals surface area contributed by atoms with Crippen molar-refractivity contribution in [2.45, 2.75) is 46.8 Å². The maximum absolute atomic E-state index is 7.06. The van der Waals surface area contributed by atoms with Crippen LogP contribution in [0.15, 0.2) is 166 Å². The molecule has 4 aliphatic rings. The highest BCUT2D eigenvalue weighted by Gasteiger charge is 2.43. The summed E-state index contributed by atoms with van der Waals surface area (Å²) in [6.07, 6.45) is 2.21. The number of para-hydroxylation sites is 4. The van der Waals surface area contributed by atoms with Crippen LogP contribution in [0.3, 0.4) is 0 Å². The second kappa shape index (κ2) is 10.6. The quantitative estimate of drug-likeness (QED) is 0.187. The molecule has 1 atom stereocenters. The van der Waals surface area contributed by atoms with Crippen LogP contribution in [0.1, 0.15) is 36.1 Å². The van der Waals surface area contributed by atoms with Crippen LogP contribution in [0.25, 0.3) is 11.1 Å². The Kier molecular flexibility index (Phi) is 6.07. The van der Waals surface area contributed by atoms with E-state index in [2.05, 4.69) is 175 Å². The van der Waals surface area contributed by atoms with Crippen LogP contribution in [0.4, 0.5) is 34.1 Å². The lowest BCUT2D eigenvalue weighted by molar-refractivity contribution is 0.450. The number of anilines is 6. The highest BCUT2D eigenvalue weighted by atomic mass is 32.2. The van der Waals surface area contributed by atoms with Crippen LogP contribution in [-0.2, 0) is 18.3 Å². The summed E-state index contributed by atoms with van der Waals surface area (Å²) in [6, 6.07) is 55.6. The maximum Gasteiger partial charge on any atom is 0.142 e. The predicted octanol–water partition coefficient (Wildman–Crippen LogP) is 12.9. The zero-order valence-electron chi connectivity index (χ0n) is 28.6. The lowest BCUT2D eigenvalue weighted by atomic mass is 9.82. The van der Waals surface area contributed by atoms with Gasteiger partial charge in [-0.25, -0.2) is 0 Å². The average molecular weight is 677 g/mol. The number of hydrogen-bond acceptors (Lipinski definition) is 3. The molecule has 0 radical (unpaired) electrons. The molecule has 0 amide bonds. The molecule has 0 saturated carbocycles. The molecular formula is C47H36N2OS. The minimum atomic E-state index is -0.839. The summed E-state index contributed by atoms with van der Waals surface area (Å²) in [4.78, 5) is 8.97. The molecule has 0 saturated heterocycles. The topological polar surface area (TPSA) is 15.7 Å². The van der Waals surface area contributed by atoms with Gasteiger partial charge in [-0.05, 0) is 125 Å². The maximum atomic E-state index is 7.06. The molecule has 2 aliphatic heterocycles. The first kappa shape index (κ1) is 29.1. The van der Waals surface area contributed by atoms with E-state index < -0.39 is 10.9 Å². The van der Waals surface area contributed by atoms with Crippen LogP contribution in [0, 0.1) is 0 Å². The first-order valence-electron chi connectivity index (χ1n) is 17.9. The molecule has 0 N–H and O–H groups in total. The molecule has 0 spiro atoms. The fourth-order valence-electron chi connectivity index (χ4n) is 8.88. The monoisotopic (exact) mass is 676 g/mol. The van der Waals surface area contributed by atoms with Crippen molar-refractivity contribution < 1.29 is 4.74 Å². The third-order valence-electron chi connectivity index (χ3n) is 11.4. The molecule has 1 unspecified atom stereocenters. The Morgan fingerprint density at radius 2 is 1.25 bits per heavy atom. The van der Waals surface area contributed by atoms with Crippen molar-refractivity contribution in [3.05, 3.63) is 174 Å². The number of rotatable bonds is 4. The number of aryl methyl sites for hydroxylation is 1. The van der Waals surface area contributed by atoms with E-state index in [0.717, 1.165) is 41.4 Å². The second-order valence-corrected chi connectivity index (χ2v) is 16.6. The van der Waals surface area contributed by atoms with Crippen LogP contribution in [0.5, 0.6) is 11.5 Å². The molecule has 51 heavy (non-hydrogen) atoms. The summed E-state index contributed by atoms with van der Waals surface area (Å²) in [5.74, 6) is 2.04. The molecule has 11 rings (SSSR count). The van der Waals surface area contributed by atoms with E-state index in [0.29, 0.717) is 0 Å². The molecule has 0 aromatic heterocycles. The van der Waals surface area contributed by atoms with Gasteiger partial charge in [-0.2, -0.15) is 10.9 Å². The van der Waals surface area contributed by atoms with Gasteiger partial charge in [0.05, 0.1) is 16.3 Å². The normalized spacial score (nSPS) is 17.1. The van der Waals surface area contributed by atoms with Crippen LogP contribution < -0.4 is 14.5 Å². The first-order valence-corrected chi connectivity index (χ1v) is 19.2. The van der Waals surface area contributed by atoms with Crippen molar-refractivity contribution in [1.82, 2.24) is 0 Å². The average Bonchev–Trinajstić information content (AvgIpc) is 3.37. The van der Waals surface area contributed by atoms with E-state index in [1.54, 1.807) is 0 Å². The van der Waals surface area contributed by atoms with E-state index in [-0.39, 0.29) is 5.41 Å². The van der Waals surface area contributed by atoms with Gasteiger partial charge in [0.25, 0.3) is 0 Å². The minimum Gasteiger partial charge on any atom is -0.455 e. The first-order chi connectivity index (χ1) is 25.1. The van der Waals surface area contributed by atoms with Gasteiger partial charge < -0.3 is 14.5 Å². The zero-order valence-corrected chi connectivity index (χ0v) is 29.5. The Balaban J connectivity index is 1.09. The molecule has 4 heteroatoms. The van der Waals surface area contributed by atoms with Crippen molar-refractivity contribution in [3.8, 4) is 22.6 Å². The summed E-state index contributed by atoms with van der Waals surface area (Å²) >= 11 is 0. The van der Waals surface area contributed by atoms with Crippen LogP contribution in [0.2, 0.25) is 0 Å². The van der Waals surface area contributed by atoms with Gasteiger partial charge in [0.1, 0.15) is 11.5 Å². The summed E-state index contributed by atoms with van der Waals surface area (Å²) < 4.78 is 7.06. The Morgan fingerprint density at radius 3 is 1.96 bits per heavy atom. The van der Waals surface area contributed by atoms with Crippen molar-refractivity contribution in [3.63, 3.8) is 0 Å². The van der Waals surface area contributed by atoms with Gasteiger partial charge in [-0.1, -0.05) is 86.6 Å². The number of benzene rings is 7. The van der Waals surface area contributed by atoms with Crippen molar-refractivity contribution in [2.75, 3.05) is 9.80 Å². The van der Waals surface area contributed by atoms with Crippen LogP contribution >= 0.6 is 10.9 Å². The van der Waals surface area contributed by atoms with E-state index in [1.165, 1.54) is 65.1 Å². The van der Waals surface area contributed by atoms with E-state index in [9.17, 15) is 0 Å². The smallest absolute Gasteiger partial charge is 0.142 e. The minimum absolute atomic E-state index is 0.195. The van der Waals surface area contributed by atoms with Gasteiger partial charge in [0, 0.05) is 38.0 Å². The fraction of sp³-hybridized carbons (Fsp3) is 0.106. The summed E-state index contributed by atoms with van der Waals surface area (Å²) in [7, 11) is -0.839. The second-order valence-electron chi connectivity index (χ2n) is 14.5. The number of hydrogen-bond donors (Lipinski definition) is 1. The molecule has 246 valence electrons. The summed E-state index contributed by atoms with van der Waals surface area (Å²) in [5, 5.41) is 0. The number of fused-ring (bicyclic) bond motifs is 9. The lowest BCUT2D eigenvalue weighted by Crippen LogP contribution is -2.24. The molecule has 7 aromatic rings. The fourth-order valence-corrected chi connectivity index (χ4v) is 11.6. The van der Waals surface area contributed by atoms with Crippen molar-refractivity contribution in [2.24, 2.45) is 0 Å². The van der Waals surface area contributed by atoms with Gasteiger partial charge in [-0.15, -0.1) is 0 Å². The Labute approximate surface area is 301 Å². The van der Waals surface area contributed by atoms with Crippen LogP contribution in [-0.4, -0.2) is 0 Å². The largest absolute Gasteiger partial charge is 0.455 e. The summed E-state index contributed by atoms with van der Waals surface area (Å²) in [5.41, 5.74) is 15.3. The molecule has 0 fully saturated rings. The van der Waals surface area contributed by atoms with Crippen molar-refractivity contribution in [1.29, 1.82) is 0 Å². The Morgan fingerprint density at radius 1 is 0.588 bits per heavy atom. The number of thiol groups is 1. The molecule has 3 nitrogen and oxygen atoms in total. The third kappa shape index (κ3) is 4.08. The molecule has 2 aliphatic carbocycles. The van der Waals surface area contributed by atoms with E-state index >= 15 is 0 Å². The zero-order chi connectivity index (χ0) is 33.8. The molecule has 7 aromatic carbocycles. The van der Waals surface area contributed by atoms with Gasteiger partial charge >= 0.3 is 0 Å². The Bertz CT molecular complexity index is 2510. The van der Waals surface area contributed by atoms with E-state index in [4.69, 9.17) is 4.74 Å². The highest BCUT2D eigenvalue weighted by molar-refractivity contribution is 8.17. The predicted molar refractivity (Wildman–Crippen MR) is 211 cm³/mol. The molecule has 0 bridgehead atoms. The highest BCUT2D eigenvalue weighted by Crippen LogP contribution is 2.72. The Hall–Kier alpha value is -5.71. The van der Waals surface area contributed by atoms with Gasteiger partial charge in [-0.3, -0.25) is 0 Å². The summed E-state index contributed by atoms with van der Waals surface area (Å²) in [6.45, 7) is 4.79. The third-order valence-corrected chi connectivity index (χ3v) is 14.0. The number of nitrogens with zero attached hydrogens (tertiary/aromatic N) is 2. The van der Waals surface area contributed by atoms with Gasteiger partial charge in [0.2, 0.25) is 0 Å². The van der Waals surface area contributed by atoms with Gasteiger partial charge in [0.15, 0.2) is 0 Å². The molecule has 2 heterocycles. The van der Waals surface area contributed by atoms with Crippen molar-refractivity contribution >= 4 is 45.0 Å². The standard InChI is InChI=1S/C47H36N2OS/c1-47(2)38-27-34(48(31-14-6-3-7-15-31)32-16-8-4-9-17-32)23-25-36(38)37-28-41-44(29-39(37)47)51-43-21-13-12-20-40(43)49(33-18-10-5-11-19-33)45-35-24-22-30(35)26-42(50-41)46(45)51/h3-21,23,25-29,51H,22,24H2,1-2H3.